The zero-order chi connectivity index (χ0) is 14.0. The van der Waals surface area contributed by atoms with Crippen molar-refractivity contribution in [3.8, 4) is 0 Å². The van der Waals surface area contributed by atoms with Gasteiger partial charge in [0, 0.05) is 19.7 Å². The number of nitrogens with one attached hydrogen (secondary N) is 3. The van der Waals surface area contributed by atoms with Crippen LogP contribution in [-0.4, -0.2) is 37.7 Å². The van der Waals surface area contributed by atoms with Crippen molar-refractivity contribution in [2.24, 2.45) is 0 Å². The van der Waals surface area contributed by atoms with Crippen LogP contribution in [0.25, 0.3) is 0 Å². The Morgan fingerprint density at radius 3 is 3.00 bits per heavy atom. The summed E-state index contributed by atoms with van der Waals surface area (Å²) in [6.45, 7) is 5.13. The van der Waals surface area contributed by atoms with Crippen LogP contribution < -0.4 is 16.0 Å². The van der Waals surface area contributed by atoms with Gasteiger partial charge in [0.1, 0.15) is 0 Å². The second-order valence-electron chi connectivity index (χ2n) is 5.75. The summed E-state index contributed by atoms with van der Waals surface area (Å²) in [5, 5.41) is 9.74. The lowest BCUT2D eigenvalue weighted by Gasteiger charge is -2.34. The Morgan fingerprint density at radius 2 is 2.20 bits per heavy atom. The minimum Gasteiger partial charge on any atom is -0.382 e. The van der Waals surface area contributed by atoms with E-state index in [0.717, 1.165) is 43.9 Å². The summed E-state index contributed by atoms with van der Waals surface area (Å²) in [5.74, 6) is -0.0361. The maximum atomic E-state index is 12.6. The molecule has 1 aromatic rings. The van der Waals surface area contributed by atoms with Gasteiger partial charge in [-0.2, -0.15) is 0 Å². The number of hydrogen-bond acceptors (Lipinski definition) is 4. The van der Waals surface area contributed by atoms with Crippen molar-refractivity contribution in [1.82, 2.24) is 5.32 Å². The van der Waals surface area contributed by atoms with E-state index in [9.17, 15) is 4.79 Å². The second-order valence-corrected chi connectivity index (χ2v) is 5.75. The van der Waals surface area contributed by atoms with E-state index in [1.165, 1.54) is 0 Å². The highest BCUT2D eigenvalue weighted by Crippen LogP contribution is 2.29. The molecule has 20 heavy (non-hydrogen) atoms. The van der Waals surface area contributed by atoms with Crippen molar-refractivity contribution < 1.29 is 9.53 Å². The van der Waals surface area contributed by atoms with Crippen molar-refractivity contribution in [2.45, 2.75) is 25.3 Å². The van der Waals surface area contributed by atoms with E-state index in [1.807, 2.05) is 25.1 Å². The summed E-state index contributed by atoms with van der Waals surface area (Å²) in [6.07, 6.45) is 1.95. The summed E-state index contributed by atoms with van der Waals surface area (Å²) >= 11 is 0. The van der Waals surface area contributed by atoms with Crippen LogP contribution in [0.15, 0.2) is 18.2 Å². The molecule has 0 radical (unpaired) electrons. The predicted octanol–water partition coefficient (Wildman–Crippen LogP) is 1.82. The lowest BCUT2D eigenvalue weighted by Crippen LogP contribution is -2.51. The fourth-order valence-electron chi connectivity index (χ4n) is 2.84. The van der Waals surface area contributed by atoms with Crippen LogP contribution in [0.3, 0.4) is 0 Å². The Kier molecular flexibility index (Phi) is 3.53. The Morgan fingerprint density at radius 1 is 1.35 bits per heavy atom. The molecule has 0 aliphatic carbocycles. The van der Waals surface area contributed by atoms with Crippen LogP contribution in [-0.2, 0) is 4.74 Å². The van der Waals surface area contributed by atoms with Gasteiger partial charge in [-0.3, -0.25) is 4.79 Å². The number of para-hydroxylation sites is 1. The number of rotatable bonds is 2. The van der Waals surface area contributed by atoms with E-state index in [4.69, 9.17) is 4.74 Å². The number of fused-ring (bicyclic) bond motifs is 1. The molecule has 5 nitrogen and oxygen atoms in total. The zero-order valence-corrected chi connectivity index (χ0v) is 11.8. The molecule has 1 saturated heterocycles. The molecule has 5 heteroatoms. The monoisotopic (exact) mass is 275 g/mol. The van der Waals surface area contributed by atoms with Crippen molar-refractivity contribution in [2.75, 3.05) is 36.9 Å². The molecule has 0 bridgehead atoms. The lowest BCUT2D eigenvalue weighted by atomic mass is 9.94. The summed E-state index contributed by atoms with van der Waals surface area (Å²) in [5.41, 5.74) is 2.33. The first-order chi connectivity index (χ1) is 9.68. The molecule has 2 aliphatic heterocycles. The third-order valence-electron chi connectivity index (χ3n) is 3.90. The van der Waals surface area contributed by atoms with Crippen LogP contribution in [0.2, 0.25) is 0 Å². The van der Waals surface area contributed by atoms with Crippen molar-refractivity contribution in [3.05, 3.63) is 23.8 Å². The lowest BCUT2D eigenvalue weighted by molar-refractivity contribution is 0.0273. The highest BCUT2D eigenvalue weighted by molar-refractivity contribution is 6.03. The number of hydrogen-bond donors (Lipinski definition) is 3. The molecule has 0 saturated carbocycles. The van der Waals surface area contributed by atoms with E-state index in [2.05, 4.69) is 16.0 Å². The molecule has 3 N–H and O–H groups in total. The number of ether oxygens (including phenoxy) is 1. The van der Waals surface area contributed by atoms with Gasteiger partial charge in [0.2, 0.25) is 0 Å². The Bertz CT molecular complexity index is 510. The van der Waals surface area contributed by atoms with Gasteiger partial charge in [0.15, 0.2) is 0 Å². The number of carbonyl (C=O) groups is 1. The normalized spacial score (nSPS) is 25.1. The largest absolute Gasteiger partial charge is 0.382 e. The Hall–Kier alpha value is -1.75. The predicted molar refractivity (Wildman–Crippen MR) is 79.3 cm³/mol. The summed E-state index contributed by atoms with van der Waals surface area (Å²) in [6, 6.07) is 5.76. The van der Waals surface area contributed by atoms with E-state index in [1.54, 1.807) is 0 Å². The third kappa shape index (κ3) is 2.58. The maximum Gasteiger partial charge on any atom is 0.253 e. The molecular weight excluding hydrogens is 254 g/mol. The fraction of sp³-hybridized carbons (Fsp3) is 0.533. The maximum absolute atomic E-state index is 12.6. The molecule has 1 aromatic carbocycles. The molecule has 1 fully saturated rings. The van der Waals surface area contributed by atoms with Crippen LogP contribution in [0.4, 0.5) is 11.4 Å². The van der Waals surface area contributed by atoms with Gasteiger partial charge >= 0.3 is 0 Å². The highest BCUT2D eigenvalue weighted by atomic mass is 16.5. The molecule has 108 valence electrons. The standard InChI is InChI=1S/C15H21N3O2/c1-15(6-3-9-20-10-15)18-14(19)11-4-2-5-12-13(11)17-8-7-16-12/h2,4-5,16-17H,3,6-10H2,1H3,(H,18,19). The van der Waals surface area contributed by atoms with Crippen molar-refractivity contribution >= 4 is 17.3 Å². The molecular formula is C15H21N3O2. The SMILES string of the molecule is CC1(NC(=O)c2cccc3c2NCCN3)CCCOC1. The molecule has 0 aromatic heterocycles. The fourth-order valence-corrected chi connectivity index (χ4v) is 2.84. The van der Waals surface area contributed by atoms with E-state index in [-0.39, 0.29) is 11.4 Å². The van der Waals surface area contributed by atoms with Gasteiger partial charge in [0.05, 0.1) is 29.1 Å². The smallest absolute Gasteiger partial charge is 0.253 e. The van der Waals surface area contributed by atoms with Gasteiger partial charge in [-0.05, 0) is 31.9 Å². The van der Waals surface area contributed by atoms with E-state index < -0.39 is 0 Å². The average Bonchev–Trinajstić information content (AvgIpc) is 2.47. The topological polar surface area (TPSA) is 62.4 Å². The summed E-state index contributed by atoms with van der Waals surface area (Å²) in [7, 11) is 0. The summed E-state index contributed by atoms with van der Waals surface area (Å²) < 4.78 is 5.49. The molecule has 1 amide bonds. The van der Waals surface area contributed by atoms with Gasteiger partial charge < -0.3 is 20.7 Å². The number of benzene rings is 1. The van der Waals surface area contributed by atoms with E-state index >= 15 is 0 Å². The number of amides is 1. The van der Waals surface area contributed by atoms with Gasteiger partial charge in [-0.15, -0.1) is 0 Å². The number of carbonyl (C=O) groups excluding carboxylic acids is 1. The summed E-state index contributed by atoms with van der Waals surface area (Å²) in [4.78, 5) is 12.6. The van der Waals surface area contributed by atoms with Crippen LogP contribution in [0.1, 0.15) is 30.1 Å². The van der Waals surface area contributed by atoms with Gasteiger partial charge in [-0.1, -0.05) is 6.07 Å². The first-order valence-corrected chi connectivity index (χ1v) is 7.19. The Balaban J connectivity index is 1.80. The second kappa shape index (κ2) is 5.32. The molecule has 2 heterocycles. The van der Waals surface area contributed by atoms with Crippen LogP contribution in [0, 0.1) is 0 Å². The minimum atomic E-state index is -0.264. The molecule has 3 rings (SSSR count). The average molecular weight is 275 g/mol. The quantitative estimate of drug-likeness (QED) is 0.770. The number of anilines is 2. The Labute approximate surface area is 119 Å². The van der Waals surface area contributed by atoms with Crippen molar-refractivity contribution in [1.29, 1.82) is 0 Å². The molecule has 2 aliphatic rings. The molecule has 1 unspecified atom stereocenters. The third-order valence-corrected chi connectivity index (χ3v) is 3.90. The molecule has 1 atom stereocenters. The minimum absolute atomic E-state index is 0.0361. The van der Waals surface area contributed by atoms with Gasteiger partial charge in [0.25, 0.3) is 5.91 Å². The first-order valence-electron chi connectivity index (χ1n) is 7.19. The zero-order valence-electron chi connectivity index (χ0n) is 11.8. The van der Waals surface area contributed by atoms with Crippen molar-refractivity contribution in [3.63, 3.8) is 0 Å². The highest BCUT2D eigenvalue weighted by Gasteiger charge is 2.30. The molecule has 0 spiro atoms. The van der Waals surface area contributed by atoms with Crippen LogP contribution in [0.5, 0.6) is 0 Å². The van der Waals surface area contributed by atoms with Crippen LogP contribution >= 0.6 is 0 Å². The van der Waals surface area contributed by atoms with Gasteiger partial charge in [-0.25, -0.2) is 0 Å². The van der Waals surface area contributed by atoms with E-state index in [0.29, 0.717) is 12.2 Å². The first kappa shape index (κ1) is 13.2.